The van der Waals surface area contributed by atoms with Gasteiger partial charge >= 0.3 is 0 Å². The van der Waals surface area contributed by atoms with Crippen LogP contribution in [0.3, 0.4) is 0 Å². The maximum absolute atomic E-state index is 12.9. The number of fused-ring (bicyclic) bond motifs is 1. The quantitative estimate of drug-likeness (QED) is 0.654. The van der Waals surface area contributed by atoms with E-state index in [9.17, 15) is 13.2 Å². The first-order valence-corrected chi connectivity index (χ1v) is 10.9. The SMILES string of the molecule is Cc1cccc2c(=O)n(C3CCN(S(=O)(=O)c4ccc(Cl)cc4)CC3)cnc12. The van der Waals surface area contributed by atoms with Crippen LogP contribution in [-0.4, -0.2) is 35.4 Å². The van der Waals surface area contributed by atoms with Gasteiger partial charge in [0.2, 0.25) is 10.0 Å². The van der Waals surface area contributed by atoms with Gasteiger partial charge in [0.15, 0.2) is 0 Å². The Hall–Kier alpha value is -2.22. The van der Waals surface area contributed by atoms with Crippen molar-refractivity contribution in [2.75, 3.05) is 13.1 Å². The molecule has 0 saturated carbocycles. The number of aryl methyl sites for hydroxylation is 1. The Bertz CT molecular complexity index is 1180. The third-order valence-corrected chi connectivity index (χ3v) is 7.45. The first kappa shape index (κ1) is 19.1. The van der Waals surface area contributed by atoms with Crippen molar-refractivity contribution in [3.05, 3.63) is 69.7 Å². The van der Waals surface area contributed by atoms with Gasteiger partial charge in [-0.05, 0) is 55.7 Å². The Morgan fingerprint density at radius 1 is 1.07 bits per heavy atom. The van der Waals surface area contributed by atoms with Gasteiger partial charge in [-0.15, -0.1) is 0 Å². The van der Waals surface area contributed by atoms with Crippen molar-refractivity contribution >= 4 is 32.5 Å². The molecule has 146 valence electrons. The molecule has 0 bridgehead atoms. The fourth-order valence-electron chi connectivity index (χ4n) is 3.69. The van der Waals surface area contributed by atoms with E-state index in [1.54, 1.807) is 29.1 Å². The summed E-state index contributed by atoms with van der Waals surface area (Å²) in [6.07, 6.45) is 2.71. The first-order valence-electron chi connectivity index (χ1n) is 9.10. The van der Waals surface area contributed by atoms with Crippen LogP contribution >= 0.6 is 11.6 Å². The Balaban J connectivity index is 1.56. The van der Waals surface area contributed by atoms with E-state index >= 15 is 0 Å². The molecule has 1 aromatic heterocycles. The lowest BCUT2D eigenvalue weighted by Crippen LogP contribution is -2.40. The van der Waals surface area contributed by atoms with Crippen molar-refractivity contribution in [1.29, 1.82) is 0 Å². The lowest BCUT2D eigenvalue weighted by atomic mass is 10.1. The number of para-hydroxylation sites is 1. The molecule has 4 rings (SSSR count). The van der Waals surface area contributed by atoms with E-state index in [4.69, 9.17) is 11.6 Å². The summed E-state index contributed by atoms with van der Waals surface area (Å²) in [6.45, 7) is 2.64. The van der Waals surface area contributed by atoms with Crippen LogP contribution in [0.1, 0.15) is 24.4 Å². The number of halogens is 1. The van der Waals surface area contributed by atoms with Gasteiger partial charge in [0.05, 0.1) is 22.1 Å². The van der Waals surface area contributed by atoms with E-state index in [2.05, 4.69) is 4.98 Å². The molecule has 0 amide bonds. The third-order valence-electron chi connectivity index (χ3n) is 5.28. The summed E-state index contributed by atoms with van der Waals surface area (Å²) in [6, 6.07) is 11.7. The predicted molar refractivity (Wildman–Crippen MR) is 109 cm³/mol. The lowest BCUT2D eigenvalue weighted by molar-refractivity contribution is 0.269. The monoisotopic (exact) mass is 417 g/mol. The van der Waals surface area contributed by atoms with Crippen molar-refractivity contribution in [2.45, 2.75) is 30.7 Å². The molecular weight excluding hydrogens is 398 g/mol. The number of benzene rings is 2. The molecule has 1 fully saturated rings. The summed E-state index contributed by atoms with van der Waals surface area (Å²) >= 11 is 5.85. The fourth-order valence-corrected chi connectivity index (χ4v) is 5.29. The Kier molecular flexibility index (Phi) is 4.99. The number of rotatable bonds is 3. The van der Waals surface area contributed by atoms with Crippen molar-refractivity contribution < 1.29 is 8.42 Å². The molecule has 2 heterocycles. The van der Waals surface area contributed by atoms with Gasteiger partial charge in [0, 0.05) is 24.2 Å². The maximum Gasteiger partial charge on any atom is 0.261 e. The van der Waals surface area contributed by atoms with E-state index in [0.29, 0.717) is 41.9 Å². The smallest absolute Gasteiger partial charge is 0.261 e. The van der Waals surface area contributed by atoms with Gasteiger partial charge < -0.3 is 0 Å². The van der Waals surface area contributed by atoms with Crippen molar-refractivity contribution in [3.8, 4) is 0 Å². The van der Waals surface area contributed by atoms with E-state index in [-0.39, 0.29) is 16.5 Å². The van der Waals surface area contributed by atoms with Crippen molar-refractivity contribution in [1.82, 2.24) is 13.9 Å². The van der Waals surface area contributed by atoms with Gasteiger partial charge in [-0.1, -0.05) is 23.7 Å². The molecule has 6 nitrogen and oxygen atoms in total. The standard InChI is InChI=1S/C20H20ClN3O3S/c1-14-3-2-4-18-19(14)22-13-24(20(18)25)16-9-11-23(12-10-16)28(26,27)17-7-5-15(21)6-8-17/h2-8,13,16H,9-12H2,1H3. The lowest BCUT2D eigenvalue weighted by Gasteiger charge is -2.32. The molecular formula is C20H20ClN3O3S. The highest BCUT2D eigenvalue weighted by molar-refractivity contribution is 7.89. The van der Waals surface area contributed by atoms with Gasteiger partial charge in [0.1, 0.15) is 0 Å². The summed E-state index contributed by atoms with van der Waals surface area (Å²) in [4.78, 5) is 17.6. The molecule has 1 aliphatic rings. The second-order valence-electron chi connectivity index (χ2n) is 7.02. The molecule has 0 N–H and O–H groups in total. The van der Waals surface area contributed by atoms with Crippen LogP contribution in [0.4, 0.5) is 0 Å². The molecule has 0 atom stereocenters. The summed E-state index contributed by atoms with van der Waals surface area (Å²) in [5, 5.41) is 1.09. The van der Waals surface area contributed by atoms with Crippen LogP contribution in [0.2, 0.25) is 5.02 Å². The topological polar surface area (TPSA) is 72.3 Å². The van der Waals surface area contributed by atoms with Gasteiger partial charge in [-0.25, -0.2) is 13.4 Å². The van der Waals surface area contributed by atoms with Gasteiger partial charge in [0.25, 0.3) is 5.56 Å². The number of piperidine rings is 1. The molecule has 3 aromatic rings. The summed E-state index contributed by atoms with van der Waals surface area (Å²) < 4.78 is 28.8. The van der Waals surface area contributed by atoms with Crippen LogP contribution in [-0.2, 0) is 10.0 Å². The summed E-state index contributed by atoms with van der Waals surface area (Å²) in [5.41, 5.74) is 1.60. The Morgan fingerprint density at radius 3 is 2.43 bits per heavy atom. The Morgan fingerprint density at radius 2 is 1.75 bits per heavy atom. The first-order chi connectivity index (χ1) is 13.4. The fraction of sp³-hybridized carbons (Fsp3) is 0.300. The number of aromatic nitrogens is 2. The highest BCUT2D eigenvalue weighted by Gasteiger charge is 2.30. The average Bonchev–Trinajstić information content (AvgIpc) is 2.69. The Labute approximate surface area is 168 Å². The van der Waals surface area contributed by atoms with Crippen LogP contribution in [0.15, 0.2) is 58.5 Å². The molecule has 1 aliphatic heterocycles. The van der Waals surface area contributed by atoms with Crippen LogP contribution in [0, 0.1) is 6.92 Å². The molecule has 28 heavy (non-hydrogen) atoms. The molecule has 0 spiro atoms. The molecule has 2 aromatic carbocycles. The highest BCUT2D eigenvalue weighted by Crippen LogP contribution is 2.27. The zero-order chi connectivity index (χ0) is 19.9. The minimum Gasteiger partial charge on any atom is -0.296 e. The van der Waals surface area contributed by atoms with Gasteiger partial charge in [-0.2, -0.15) is 4.31 Å². The van der Waals surface area contributed by atoms with Gasteiger partial charge in [-0.3, -0.25) is 9.36 Å². The van der Waals surface area contributed by atoms with E-state index in [0.717, 1.165) is 5.56 Å². The highest BCUT2D eigenvalue weighted by atomic mass is 35.5. The maximum atomic E-state index is 12.9. The van der Waals surface area contributed by atoms with E-state index in [1.807, 2.05) is 19.1 Å². The van der Waals surface area contributed by atoms with Crippen LogP contribution < -0.4 is 5.56 Å². The summed E-state index contributed by atoms with van der Waals surface area (Å²) in [5.74, 6) is 0. The largest absolute Gasteiger partial charge is 0.296 e. The van der Waals surface area contributed by atoms with Crippen molar-refractivity contribution in [2.24, 2.45) is 0 Å². The van der Waals surface area contributed by atoms with E-state index in [1.165, 1.54) is 16.4 Å². The number of hydrogen-bond donors (Lipinski definition) is 0. The molecule has 0 radical (unpaired) electrons. The van der Waals surface area contributed by atoms with Crippen LogP contribution in [0.5, 0.6) is 0 Å². The number of hydrogen-bond acceptors (Lipinski definition) is 4. The molecule has 1 saturated heterocycles. The van der Waals surface area contributed by atoms with Crippen LogP contribution in [0.25, 0.3) is 10.9 Å². The van der Waals surface area contributed by atoms with E-state index < -0.39 is 10.0 Å². The number of sulfonamides is 1. The zero-order valence-corrected chi connectivity index (χ0v) is 16.9. The minimum absolute atomic E-state index is 0.0680. The zero-order valence-electron chi connectivity index (χ0n) is 15.4. The molecule has 0 unspecified atom stereocenters. The number of nitrogens with zero attached hydrogens (tertiary/aromatic N) is 3. The summed E-state index contributed by atoms with van der Waals surface area (Å²) in [7, 11) is -3.56. The minimum atomic E-state index is -3.56. The second-order valence-corrected chi connectivity index (χ2v) is 9.39. The molecule has 8 heteroatoms. The average molecular weight is 418 g/mol. The predicted octanol–water partition coefficient (Wildman–Crippen LogP) is 3.38. The normalized spacial score (nSPS) is 16.5. The van der Waals surface area contributed by atoms with Crippen molar-refractivity contribution in [3.63, 3.8) is 0 Å². The third kappa shape index (κ3) is 3.34. The molecule has 0 aliphatic carbocycles. The second kappa shape index (κ2) is 7.31.